The van der Waals surface area contributed by atoms with Gasteiger partial charge < -0.3 is 4.90 Å². The van der Waals surface area contributed by atoms with Gasteiger partial charge in [0.2, 0.25) is 0 Å². The molecule has 0 radical (unpaired) electrons. The van der Waals surface area contributed by atoms with Crippen LogP contribution in [0.25, 0.3) is 11.6 Å². The molecule has 1 heteroatoms. The van der Waals surface area contributed by atoms with Crippen LogP contribution in [-0.4, -0.2) is 4.90 Å². The van der Waals surface area contributed by atoms with E-state index in [1.165, 1.54) is 29.6 Å². The standard InChI is InChI=1S/C33H31N.C15H16.C7H10/c1-4-18-31(5-2)34(32-25-15-7-6-10-19-28(3)20-16-17-26-32)27-33(29-21-11-8-12-22-29)30-23-13-9-14-24-30;1-2-3-4-5-6-7-9-12-15-13-10-8-11-14-15;1-7-5-3-2-4-6-7/h4-27H,1-2H2,3H3;2-14H,1H3;3,5-6H,2,4H2,1H3/b7-6+,10-6?,15-7?,17-16+,19-10-,20-16?,25-15-,26-17?,28-19?,28-20-,31-18+,32-25?,32-26+;3-2+,5-4+,7-6-,12-9-;. The van der Waals surface area contributed by atoms with Crippen LogP contribution in [0.15, 0.2) is 273 Å². The Hall–Kier alpha value is -6.70. The molecule has 5 rings (SSSR count). The van der Waals surface area contributed by atoms with Crippen LogP contribution in [0.2, 0.25) is 0 Å². The second-order valence-corrected chi connectivity index (χ2v) is 12.7. The van der Waals surface area contributed by atoms with Gasteiger partial charge in [-0.2, -0.15) is 0 Å². The molecule has 282 valence electrons. The molecular weight excluding hydrogens is 675 g/mol. The maximum absolute atomic E-state index is 4.07. The summed E-state index contributed by atoms with van der Waals surface area (Å²) in [5, 5.41) is 0. The van der Waals surface area contributed by atoms with Crippen molar-refractivity contribution >= 4 is 11.6 Å². The molecule has 0 N–H and O–H groups in total. The fourth-order valence-electron chi connectivity index (χ4n) is 5.31. The summed E-state index contributed by atoms with van der Waals surface area (Å²) < 4.78 is 0. The number of benzene rings is 3. The second-order valence-electron chi connectivity index (χ2n) is 12.7. The SMILES string of the molecule is C/C=C/C=C/C=C\C=C/c1ccccc1.C=C/C=C(\C=C)N(C=C(c1ccccc1)c1ccccc1)C1=C/C=C/C=C(C)\C=C/C=C/C=C\1.CC1=CCCC=C1. The first-order valence-electron chi connectivity index (χ1n) is 19.2. The van der Waals surface area contributed by atoms with E-state index in [9.17, 15) is 0 Å². The third-order valence-electron chi connectivity index (χ3n) is 8.20. The van der Waals surface area contributed by atoms with Crippen molar-refractivity contribution in [3.8, 4) is 0 Å². The highest BCUT2D eigenvalue weighted by Gasteiger charge is 2.12. The van der Waals surface area contributed by atoms with Crippen LogP contribution >= 0.6 is 0 Å². The molecule has 0 fully saturated rings. The fraction of sp³-hybridized carbons (Fsp3) is 0.0909. The van der Waals surface area contributed by atoms with Gasteiger partial charge >= 0.3 is 0 Å². The van der Waals surface area contributed by atoms with Crippen LogP contribution in [0.5, 0.6) is 0 Å². The van der Waals surface area contributed by atoms with E-state index in [-0.39, 0.29) is 0 Å². The Morgan fingerprint density at radius 1 is 0.589 bits per heavy atom. The smallest absolute Gasteiger partial charge is 0.0455 e. The molecule has 0 atom stereocenters. The van der Waals surface area contributed by atoms with Crippen LogP contribution < -0.4 is 0 Å². The minimum absolute atomic E-state index is 0.923. The number of nitrogens with zero attached hydrogens (tertiary/aromatic N) is 1. The summed E-state index contributed by atoms with van der Waals surface area (Å²) in [4.78, 5) is 2.15. The molecule has 0 bridgehead atoms. The number of allylic oxidation sites excluding steroid dienone is 25. The van der Waals surface area contributed by atoms with Gasteiger partial charge in [-0.15, -0.1) is 0 Å². The molecule has 2 aliphatic rings. The molecular formula is C55H57N. The van der Waals surface area contributed by atoms with Crippen molar-refractivity contribution in [3.63, 3.8) is 0 Å². The van der Waals surface area contributed by atoms with Gasteiger partial charge in [0.05, 0.1) is 0 Å². The van der Waals surface area contributed by atoms with E-state index in [1.54, 1.807) is 6.08 Å². The average molecular weight is 732 g/mol. The number of rotatable bonds is 11. The number of hydrogen-bond donors (Lipinski definition) is 0. The predicted molar refractivity (Wildman–Crippen MR) is 249 cm³/mol. The highest BCUT2D eigenvalue weighted by atomic mass is 15.1. The highest BCUT2D eigenvalue weighted by Crippen LogP contribution is 2.28. The summed E-state index contributed by atoms with van der Waals surface area (Å²) in [5.41, 5.74) is 9.11. The Kier molecular flexibility index (Phi) is 21.7. The summed E-state index contributed by atoms with van der Waals surface area (Å²) in [6, 6.07) is 31.1. The summed E-state index contributed by atoms with van der Waals surface area (Å²) in [6.07, 6.45) is 53.7. The molecule has 0 spiro atoms. The molecule has 0 saturated heterocycles. The topological polar surface area (TPSA) is 3.24 Å². The van der Waals surface area contributed by atoms with Crippen molar-refractivity contribution in [3.05, 3.63) is 289 Å². The van der Waals surface area contributed by atoms with Crippen LogP contribution in [0.1, 0.15) is 50.3 Å². The van der Waals surface area contributed by atoms with Gasteiger partial charge in [0.15, 0.2) is 0 Å². The van der Waals surface area contributed by atoms with Crippen molar-refractivity contribution in [2.75, 3.05) is 0 Å². The van der Waals surface area contributed by atoms with E-state index in [0.717, 1.165) is 28.1 Å². The fourth-order valence-corrected chi connectivity index (χ4v) is 5.31. The van der Waals surface area contributed by atoms with Crippen LogP contribution in [0.4, 0.5) is 0 Å². The van der Waals surface area contributed by atoms with Crippen molar-refractivity contribution in [2.45, 2.75) is 33.6 Å². The molecule has 0 aromatic heterocycles. The molecule has 0 aliphatic heterocycles. The predicted octanol–water partition coefficient (Wildman–Crippen LogP) is 15.4. The lowest BCUT2D eigenvalue weighted by atomic mass is 9.98. The first-order valence-corrected chi connectivity index (χ1v) is 19.2. The Labute approximate surface area is 338 Å². The third-order valence-corrected chi connectivity index (χ3v) is 8.20. The molecule has 0 heterocycles. The first kappa shape index (κ1) is 43.7. The maximum Gasteiger partial charge on any atom is 0.0455 e. The minimum atomic E-state index is 0.923. The second kappa shape index (κ2) is 27.8. The first-order chi connectivity index (χ1) is 27.5. The van der Waals surface area contributed by atoms with E-state index in [0.29, 0.717) is 0 Å². The number of hydrogen-bond acceptors (Lipinski definition) is 1. The van der Waals surface area contributed by atoms with Crippen LogP contribution in [0.3, 0.4) is 0 Å². The van der Waals surface area contributed by atoms with E-state index >= 15 is 0 Å². The summed E-state index contributed by atoms with van der Waals surface area (Å²) >= 11 is 0. The van der Waals surface area contributed by atoms with Gasteiger partial charge in [-0.25, -0.2) is 0 Å². The Balaban J connectivity index is 0.000000311. The average Bonchev–Trinajstić information content (AvgIpc) is 3.23. The van der Waals surface area contributed by atoms with Crippen LogP contribution in [-0.2, 0) is 0 Å². The van der Waals surface area contributed by atoms with Gasteiger partial charge in [-0.1, -0.05) is 237 Å². The third kappa shape index (κ3) is 17.9. The molecule has 0 amide bonds. The van der Waals surface area contributed by atoms with Gasteiger partial charge in [0, 0.05) is 23.2 Å². The highest BCUT2D eigenvalue weighted by molar-refractivity contribution is 5.80. The molecule has 56 heavy (non-hydrogen) atoms. The minimum Gasteiger partial charge on any atom is -0.317 e. The lowest BCUT2D eigenvalue weighted by molar-refractivity contribution is 0.615. The zero-order chi connectivity index (χ0) is 39.9. The molecule has 3 aromatic rings. The quantitative estimate of drug-likeness (QED) is 0.178. The van der Waals surface area contributed by atoms with E-state index in [4.69, 9.17) is 0 Å². The van der Waals surface area contributed by atoms with Gasteiger partial charge in [0.1, 0.15) is 0 Å². The van der Waals surface area contributed by atoms with E-state index < -0.39 is 0 Å². The Bertz CT molecular complexity index is 2020. The van der Waals surface area contributed by atoms with Crippen molar-refractivity contribution < 1.29 is 0 Å². The lowest BCUT2D eigenvalue weighted by Crippen LogP contribution is -2.15. The Morgan fingerprint density at radius 2 is 1.18 bits per heavy atom. The van der Waals surface area contributed by atoms with Crippen LogP contribution in [0, 0.1) is 0 Å². The zero-order valence-electron chi connectivity index (χ0n) is 33.4. The largest absolute Gasteiger partial charge is 0.317 e. The zero-order valence-corrected chi connectivity index (χ0v) is 33.4. The van der Waals surface area contributed by atoms with Crippen molar-refractivity contribution in [2.24, 2.45) is 0 Å². The molecule has 1 nitrogen and oxygen atoms in total. The monoisotopic (exact) mass is 731 g/mol. The van der Waals surface area contributed by atoms with Crippen molar-refractivity contribution in [1.82, 2.24) is 4.90 Å². The summed E-state index contributed by atoms with van der Waals surface area (Å²) in [7, 11) is 0. The molecule has 0 saturated carbocycles. The molecule has 3 aromatic carbocycles. The van der Waals surface area contributed by atoms with Gasteiger partial charge in [-0.05, 0) is 74.6 Å². The van der Waals surface area contributed by atoms with E-state index in [1.807, 2.05) is 116 Å². The normalized spacial score (nSPS) is 18.3. The lowest BCUT2D eigenvalue weighted by Gasteiger charge is -2.25. The Morgan fingerprint density at radius 3 is 1.73 bits per heavy atom. The molecule has 0 unspecified atom stereocenters. The van der Waals surface area contributed by atoms with Gasteiger partial charge in [-0.3, -0.25) is 0 Å². The van der Waals surface area contributed by atoms with E-state index in [2.05, 4.69) is 160 Å². The molecule has 2 aliphatic carbocycles. The maximum atomic E-state index is 4.07. The van der Waals surface area contributed by atoms with Crippen molar-refractivity contribution in [1.29, 1.82) is 0 Å². The van der Waals surface area contributed by atoms with Gasteiger partial charge in [0.25, 0.3) is 0 Å². The summed E-state index contributed by atoms with van der Waals surface area (Å²) in [6.45, 7) is 14.2. The summed E-state index contributed by atoms with van der Waals surface area (Å²) in [5.74, 6) is 0.